The van der Waals surface area contributed by atoms with Gasteiger partial charge in [0.2, 0.25) is 10.0 Å². The Balaban J connectivity index is 2.28. The number of esters is 1. The first-order chi connectivity index (χ1) is 9.67. The van der Waals surface area contributed by atoms with Gasteiger partial charge < -0.3 is 9.84 Å². The zero-order chi connectivity index (χ0) is 15.8. The van der Waals surface area contributed by atoms with Crippen molar-refractivity contribution in [3.05, 3.63) is 14.7 Å². The van der Waals surface area contributed by atoms with E-state index in [0.29, 0.717) is 16.6 Å². The summed E-state index contributed by atoms with van der Waals surface area (Å²) in [6.45, 7) is 2.21. The fourth-order valence-electron chi connectivity index (χ4n) is 2.08. The Kier molecular flexibility index (Phi) is 4.79. The average Bonchev–Trinajstić information content (AvgIpc) is 2.80. The highest BCUT2D eigenvalue weighted by Crippen LogP contribution is 2.35. The molecule has 9 heteroatoms. The van der Waals surface area contributed by atoms with Crippen LogP contribution in [0.25, 0.3) is 0 Å². The number of carbonyl (C=O) groups is 1. The van der Waals surface area contributed by atoms with Gasteiger partial charge in [0.15, 0.2) is 0 Å². The quantitative estimate of drug-likeness (QED) is 0.786. The van der Waals surface area contributed by atoms with Crippen molar-refractivity contribution >= 4 is 43.3 Å². The van der Waals surface area contributed by atoms with Crippen LogP contribution in [0.15, 0.2) is 14.7 Å². The number of piperidine rings is 1. The van der Waals surface area contributed by atoms with Crippen LogP contribution < -0.4 is 0 Å². The molecule has 2 heterocycles. The number of aliphatic hydroxyl groups is 1. The van der Waals surface area contributed by atoms with Gasteiger partial charge in [-0.15, -0.1) is 11.3 Å². The van der Waals surface area contributed by atoms with Crippen molar-refractivity contribution in [3.8, 4) is 0 Å². The van der Waals surface area contributed by atoms with Gasteiger partial charge in [0, 0.05) is 13.1 Å². The van der Waals surface area contributed by atoms with Gasteiger partial charge >= 0.3 is 5.97 Å². The predicted octanol–water partition coefficient (Wildman–Crippen LogP) is 1.83. The largest absolute Gasteiger partial charge is 0.465 e. The lowest BCUT2D eigenvalue weighted by Crippen LogP contribution is -2.45. The van der Waals surface area contributed by atoms with Crippen molar-refractivity contribution in [2.45, 2.75) is 30.3 Å². The molecule has 1 fully saturated rings. The van der Waals surface area contributed by atoms with Crippen molar-refractivity contribution in [2.24, 2.45) is 0 Å². The maximum absolute atomic E-state index is 12.6. The molecule has 1 aromatic rings. The summed E-state index contributed by atoms with van der Waals surface area (Å²) in [6, 6.07) is 1.32. The number of hydrogen-bond donors (Lipinski definition) is 1. The molecule has 1 aromatic heterocycles. The molecule has 21 heavy (non-hydrogen) atoms. The first-order valence-corrected chi connectivity index (χ1v) is 9.32. The second kappa shape index (κ2) is 5.96. The van der Waals surface area contributed by atoms with Crippen molar-refractivity contribution in [2.75, 3.05) is 20.2 Å². The fourth-order valence-corrected chi connectivity index (χ4v) is 5.95. The van der Waals surface area contributed by atoms with E-state index in [4.69, 9.17) is 0 Å². The molecule has 2 rings (SSSR count). The molecule has 0 amide bonds. The number of rotatable bonds is 3. The van der Waals surface area contributed by atoms with Gasteiger partial charge in [0.25, 0.3) is 0 Å². The lowest BCUT2D eigenvalue weighted by atomic mass is 9.95. The van der Waals surface area contributed by atoms with E-state index in [1.54, 1.807) is 6.92 Å². The molecule has 0 radical (unpaired) electrons. The predicted molar refractivity (Wildman–Crippen MR) is 82.0 cm³/mol. The third-order valence-corrected chi connectivity index (χ3v) is 7.59. The number of nitrogens with zero attached hydrogens (tertiary/aromatic N) is 1. The van der Waals surface area contributed by atoms with Crippen molar-refractivity contribution in [1.29, 1.82) is 0 Å². The number of halogens is 1. The van der Waals surface area contributed by atoms with E-state index >= 15 is 0 Å². The van der Waals surface area contributed by atoms with E-state index in [-0.39, 0.29) is 22.9 Å². The van der Waals surface area contributed by atoms with E-state index in [1.807, 2.05) is 0 Å². The van der Waals surface area contributed by atoms with Gasteiger partial charge in [-0.2, -0.15) is 4.31 Å². The number of hydrogen-bond acceptors (Lipinski definition) is 6. The molecule has 118 valence electrons. The summed E-state index contributed by atoms with van der Waals surface area (Å²) in [5.41, 5.74) is -0.824. The highest BCUT2D eigenvalue weighted by molar-refractivity contribution is 9.11. The Morgan fingerprint density at radius 1 is 1.48 bits per heavy atom. The molecule has 0 spiro atoms. The van der Waals surface area contributed by atoms with Crippen molar-refractivity contribution < 1.29 is 23.1 Å². The van der Waals surface area contributed by atoms with E-state index in [2.05, 4.69) is 20.7 Å². The van der Waals surface area contributed by atoms with E-state index in [9.17, 15) is 18.3 Å². The van der Waals surface area contributed by atoms with Gasteiger partial charge in [-0.25, -0.2) is 13.2 Å². The van der Waals surface area contributed by atoms with Crippen LogP contribution in [0, 0.1) is 0 Å². The first-order valence-electron chi connectivity index (χ1n) is 6.27. The van der Waals surface area contributed by atoms with Crippen LogP contribution in [0.4, 0.5) is 0 Å². The average molecular weight is 398 g/mol. The zero-order valence-corrected chi connectivity index (χ0v) is 14.8. The molecule has 1 N–H and O–H groups in total. The highest BCUT2D eigenvalue weighted by Gasteiger charge is 2.36. The number of thiophene rings is 1. The number of methoxy groups -OCH3 is 1. The topological polar surface area (TPSA) is 83.9 Å². The lowest BCUT2D eigenvalue weighted by Gasteiger charge is -2.34. The third-order valence-electron chi connectivity index (χ3n) is 3.46. The van der Waals surface area contributed by atoms with E-state index < -0.39 is 21.6 Å². The van der Waals surface area contributed by atoms with Crippen LogP contribution in [-0.2, 0) is 14.8 Å². The summed E-state index contributed by atoms with van der Waals surface area (Å²) in [5.74, 6) is -0.566. The maximum atomic E-state index is 12.6. The Bertz CT molecular complexity index is 643. The number of ether oxygens (including phenoxy) is 1. The van der Waals surface area contributed by atoms with Crippen molar-refractivity contribution in [3.63, 3.8) is 0 Å². The Morgan fingerprint density at radius 2 is 2.05 bits per heavy atom. The van der Waals surface area contributed by atoms with Gasteiger partial charge in [-0.3, -0.25) is 0 Å². The van der Waals surface area contributed by atoms with Crippen LogP contribution in [0.1, 0.15) is 29.4 Å². The summed E-state index contributed by atoms with van der Waals surface area (Å²) in [5, 5.41) is 9.90. The summed E-state index contributed by atoms with van der Waals surface area (Å²) in [6.07, 6.45) is 0.774. The molecule has 0 unspecified atom stereocenters. The van der Waals surface area contributed by atoms with Gasteiger partial charge in [-0.1, -0.05) is 0 Å². The van der Waals surface area contributed by atoms with Crippen LogP contribution >= 0.6 is 27.3 Å². The molecule has 1 aliphatic rings. The molecule has 0 atom stereocenters. The molecule has 0 aromatic carbocycles. The monoisotopic (exact) mass is 397 g/mol. The Labute approximate surface area is 135 Å². The highest BCUT2D eigenvalue weighted by atomic mass is 79.9. The molecule has 1 aliphatic heterocycles. The minimum absolute atomic E-state index is 0.0643. The molecular formula is C12H16BrNO5S2. The normalized spacial score (nSPS) is 19.4. The molecule has 0 bridgehead atoms. The molecular weight excluding hydrogens is 382 g/mol. The second-order valence-corrected chi connectivity index (χ2v) is 9.42. The SMILES string of the molecule is COC(=O)c1cc(S(=O)(=O)N2CCC(C)(O)CC2)c(Br)s1. The minimum atomic E-state index is -3.69. The first kappa shape index (κ1) is 16.9. The lowest BCUT2D eigenvalue weighted by molar-refractivity contribution is 0.0126. The van der Waals surface area contributed by atoms with Crippen LogP contribution in [-0.4, -0.2) is 49.6 Å². The molecule has 6 nitrogen and oxygen atoms in total. The summed E-state index contributed by atoms with van der Waals surface area (Å²) in [7, 11) is -2.44. The smallest absolute Gasteiger partial charge is 0.348 e. The minimum Gasteiger partial charge on any atom is -0.465 e. The fraction of sp³-hybridized carbons (Fsp3) is 0.583. The van der Waals surface area contributed by atoms with E-state index in [1.165, 1.54) is 17.5 Å². The third kappa shape index (κ3) is 3.48. The summed E-state index contributed by atoms with van der Waals surface area (Å²) >= 11 is 4.22. The number of sulfonamides is 1. The number of carbonyl (C=O) groups excluding carboxylic acids is 1. The van der Waals surface area contributed by atoms with E-state index in [0.717, 1.165) is 11.3 Å². The summed E-state index contributed by atoms with van der Waals surface area (Å²) < 4.78 is 31.5. The molecule has 0 aliphatic carbocycles. The van der Waals surface area contributed by atoms with Crippen LogP contribution in [0.3, 0.4) is 0 Å². The van der Waals surface area contributed by atoms with Crippen molar-refractivity contribution in [1.82, 2.24) is 4.31 Å². The molecule has 0 saturated carbocycles. The zero-order valence-electron chi connectivity index (χ0n) is 11.6. The summed E-state index contributed by atoms with van der Waals surface area (Å²) in [4.78, 5) is 11.8. The van der Waals surface area contributed by atoms with Crippen LogP contribution in [0.2, 0.25) is 0 Å². The van der Waals surface area contributed by atoms with Gasteiger partial charge in [0.1, 0.15) is 9.77 Å². The van der Waals surface area contributed by atoms with Gasteiger partial charge in [-0.05, 0) is 41.8 Å². The van der Waals surface area contributed by atoms with Crippen LogP contribution in [0.5, 0.6) is 0 Å². The maximum Gasteiger partial charge on any atom is 0.348 e. The Hall–Kier alpha value is -0.480. The standard InChI is InChI=1S/C12H16BrNO5S2/c1-12(16)3-5-14(6-4-12)21(17,18)9-7-8(11(15)19-2)20-10(9)13/h7,16H,3-6H2,1-2H3. The second-order valence-electron chi connectivity index (χ2n) is 5.14. The van der Waals surface area contributed by atoms with Gasteiger partial charge in [0.05, 0.1) is 16.5 Å². The molecule has 1 saturated heterocycles. The Morgan fingerprint density at radius 3 is 2.57 bits per heavy atom.